The third-order valence-corrected chi connectivity index (χ3v) is 5.93. The van der Waals surface area contributed by atoms with E-state index in [9.17, 15) is 18.0 Å². The number of carboxylic acid groups (broad SMARTS) is 1. The van der Waals surface area contributed by atoms with Gasteiger partial charge in [-0.15, -0.1) is 11.8 Å². The number of alkyl halides is 3. The summed E-state index contributed by atoms with van der Waals surface area (Å²) in [5.74, 6) is -1.08. The first-order valence-electron chi connectivity index (χ1n) is 8.52. The highest BCUT2D eigenvalue weighted by Gasteiger charge is 2.51. The lowest BCUT2D eigenvalue weighted by Crippen LogP contribution is -2.60. The van der Waals surface area contributed by atoms with Crippen molar-refractivity contribution >= 4 is 23.6 Å². The molecule has 1 N–H and O–H groups in total. The molecule has 0 aliphatic carbocycles. The Balaban J connectivity index is 0.000000298. The van der Waals surface area contributed by atoms with Gasteiger partial charge in [-0.25, -0.2) is 9.78 Å². The van der Waals surface area contributed by atoms with Gasteiger partial charge in [0.1, 0.15) is 12.4 Å². The first-order valence-corrected chi connectivity index (χ1v) is 9.50. The van der Waals surface area contributed by atoms with Crippen molar-refractivity contribution in [2.24, 2.45) is 0 Å². The van der Waals surface area contributed by atoms with Crippen LogP contribution < -0.4 is 4.74 Å². The van der Waals surface area contributed by atoms with Crippen LogP contribution in [-0.4, -0.2) is 62.7 Å². The fourth-order valence-electron chi connectivity index (χ4n) is 3.05. The first kappa shape index (κ1) is 21.0. The molecule has 0 saturated carbocycles. The first-order chi connectivity index (χ1) is 13.7. The van der Waals surface area contributed by atoms with Crippen LogP contribution in [0.4, 0.5) is 13.2 Å². The number of rotatable bonds is 3. The maximum Gasteiger partial charge on any atom is 0.490 e. The molecule has 0 aromatic carbocycles. The lowest BCUT2D eigenvalue weighted by Gasteiger charge is -2.47. The Labute approximate surface area is 167 Å². The molecule has 1 unspecified atom stereocenters. The molecule has 2 saturated heterocycles. The standard InChI is InChI=1S/C16H16N2O3S.C2HF3O2/c19-15(12-4-6-20-8-12)18-10-16(11-18)7-13(9-22-16)21-14-3-1-2-5-17-14;3-2(4,5)1(6)7/h1-6,8,13H,7,9-11H2;(H,6,7). The second kappa shape index (κ2) is 8.36. The summed E-state index contributed by atoms with van der Waals surface area (Å²) in [7, 11) is 0. The van der Waals surface area contributed by atoms with Crippen molar-refractivity contribution < 1.29 is 37.0 Å². The summed E-state index contributed by atoms with van der Waals surface area (Å²) in [6, 6.07) is 7.39. The number of carbonyl (C=O) groups is 2. The van der Waals surface area contributed by atoms with Gasteiger partial charge in [0.05, 0.1) is 16.6 Å². The van der Waals surface area contributed by atoms with Gasteiger partial charge in [0, 0.05) is 37.5 Å². The number of carboxylic acids is 1. The minimum absolute atomic E-state index is 0.0501. The van der Waals surface area contributed by atoms with Crippen LogP contribution in [0.5, 0.6) is 5.88 Å². The van der Waals surface area contributed by atoms with E-state index in [0.717, 1.165) is 25.3 Å². The molecule has 2 fully saturated rings. The number of amides is 1. The highest BCUT2D eigenvalue weighted by Crippen LogP contribution is 2.46. The predicted molar refractivity (Wildman–Crippen MR) is 96.8 cm³/mol. The van der Waals surface area contributed by atoms with E-state index < -0.39 is 12.1 Å². The van der Waals surface area contributed by atoms with Gasteiger partial charge in [-0.05, 0) is 12.1 Å². The van der Waals surface area contributed by atoms with Crippen molar-refractivity contribution in [1.29, 1.82) is 0 Å². The molecule has 7 nitrogen and oxygen atoms in total. The van der Waals surface area contributed by atoms with Crippen LogP contribution in [0.15, 0.2) is 47.4 Å². The van der Waals surface area contributed by atoms with Crippen molar-refractivity contribution in [2.75, 3.05) is 18.8 Å². The largest absolute Gasteiger partial charge is 0.490 e. The fraction of sp³-hybridized carbons (Fsp3) is 0.389. The molecule has 29 heavy (non-hydrogen) atoms. The number of furan rings is 1. The molecular formula is C18H17F3N2O5S. The maximum atomic E-state index is 12.2. The Morgan fingerprint density at radius 3 is 2.59 bits per heavy atom. The van der Waals surface area contributed by atoms with E-state index in [1.807, 2.05) is 34.9 Å². The summed E-state index contributed by atoms with van der Waals surface area (Å²) < 4.78 is 42.8. The van der Waals surface area contributed by atoms with Crippen LogP contribution in [0.1, 0.15) is 16.8 Å². The number of aliphatic carboxylic acids is 1. The molecule has 11 heteroatoms. The number of carbonyl (C=O) groups excluding carboxylic acids is 1. The SMILES string of the molecule is O=C(O)C(F)(F)F.O=C(c1ccoc1)N1CC2(CC(Oc3ccccn3)CS2)C1. The molecular weight excluding hydrogens is 413 g/mol. The normalized spacial score (nSPS) is 19.8. The minimum atomic E-state index is -5.08. The van der Waals surface area contributed by atoms with E-state index in [-0.39, 0.29) is 16.8 Å². The van der Waals surface area contributed by atoms with Crippen LogP contribution in [0.3, 0.4) is 0 Å². The zero-order chi connectivity index (χ0) is 21.1. The summed E-state index contributed by atoms with van der Waals surface area (Å²) in [5, 5.41) is 7.12. The van der Waals surface area contributed by atoms with Gasteiger partial charge in [0.2, 0.25) is 5.88 Å². The van der Waals surface area contributed by atoms with Crippen molar-refractivity contribution in [2.45, 2.75) is 23.4 Å². The Kier molecular flexibility index (Phi) is 6.06. The fourth-order valence-corrected chi connectivity index (χ4v) is 4.57. The second-order valence-corrected chi connectivity index (χ2v) is 8.07. The lowest BCUT2D eigenvalue weighted by atomic mass is 9.92. The number of hydrogen-bond acceptors (Lipinski definition) is 6. The Morgan fingerprint density at radius 1 is 1.31 bits per heavy atom. The number of aromatic nitrogens is 1. The molecule has 1 atom stereocenters. The van der Waals surface area contributed by atoms with Gasteiger partial charge in [0.25, 0.3) is 5.91 Å². The number of halogens is 3. The predicted octanol–water partition coefficient (Wildman–Crippen LogP) is 3.09. The maximum absolute atomic E-state index is 12.2. The molecule has 2 aliphatic rings. The lowest BCUT2D eigenvalue weighted by molar-refractivity contribution is -0.192. The third-order valence-electron chi connectivity index (χ3n) is 4.36. The number of hydrogen-bond donors (Lipinski definition) is 1. The van der Waals surface area contributed by atoms with Crippen molar-refractivity contribution in [1.82, 2.24) is 9.88 Å². The zero-order valence-electron chi connectivity index (χ0n) is 15.0. The summed E-state index contributed by atoms with van der Waals surface area (Å²) in [5.41, 5.74) is 0.624. The Bertz CT molecular complexity index is 839. The van der Waals surface area contributed by atoms with Crippen molar-refractivity contribution in [3.8, 4) is 5.88 Å². The summed E-state index contributed by atoms with van der Waals surface area (Å²) in [4.78, 5) is 27.2. The van der Waals surface area contributed by atoms with Crippen LogP contribution in [-0.2, 0) is 4.79 Å². The van der Waals surface area contributed by atoms with Gasteiger partial charge >= 0.3 is 12.1 Å². The highest BCUT2D eigenvalue weighted by atomic mass is 32.2. The Hall–Kier alpha value is -2.69. The van der Waals surface area contributed by atoms with E-state index in [1.54, 1.807) is 12.3 Å². The number of pyridine rings is 1. The zero-order valence-corrected chi connectivity index (χ0v) is 15.8. The van der Waals surface area contributed by atoms with E-state index >= 15 is 0 Å². The number of likely N-dealkylation sites (tertiary alicyclic amines) is 1. The summed E-state index contributed by atoms with van der Waals surface area (Å²) in [6.07, 6.45) is 0.822. The molecule has 4 rings (SSSR count). The number of thioether (sulfide) groups is 1. The van der Waals surface area contributed by atoms with E-state index in [1.165, 1.54) is 12.5 Å². The van der Waals surface area contributed by atoms with Crippen LogP contribution in [0.25, 0.3) is 0 Å². The summed E-state index contributed by atoms with van der Waals surface area (Å²) in [6.45, 7) is 1.56. The molecule has 0 bridgehead atoms. The Morgan fingerprint density at radius 2 is 2.03 bits per heavy atom. The highest BCUT2D eigenvalue weighted by molar-refractivity contribution is 8.01. The molecule has 0 radical (unpaired) electrons. The van der Waals surface area contributed by atoms with Crippen LogP contribution in [0, 0.1) is 0 Å². The minimum Gasteiger partial charge on any atom is -0.475 e. The van der Waals surface area contributed by atoms with Gasteiger partial charge in [-0.1, -0.05) is 6.07 Å². The molecule has 2 aromatic heterocycles. The smallest absolute Gasteiger partial charge is 0.475 e. The monoisotopic (exact) mass is 430 g/mol. The average Bonchev–Trinajstić information content (AvgIpc) is 3.31. The molecule has 2 aromatic rings. The van der Waals surface area contributed by atoms with E-state index in [2.05, 4.69) is 4.98 Å². The molecule has 4 heterocycles. The van der Waals surface area contributed by atoms with Crippen LogP contribution >= 0.6 is 11.8 Å². The van der Waals surface area contributed by atoms with Gasteiger partial charge in [-0.2, -0.15) is 13.2 Å². The number of ether oxygens (including phenoxy) is 1. The third kappa shape index (κ3) is 5.22. The van der Waals surface area contributed by atoms with Crippen molar-refractivity contribution in [3.05, 3.63) is 48.6 Å². The van der Waals surface area contributed by atoms with Crippen molar-refractivity contribution in [3.63, 3.8) is 0 Å². The topological polar surface area (TPSA) is 92.9 Å². The average molecular weight is 430 g/mol. The number of nitrogens with zero attached hydrogens (tertiary/aromatic N) is 2. The molecule has 1 amide bonds. The van der Waals surface area contributed by atoms with Gasteiger partial charge in [0.15, 0.2) is 0 Å². The molecule has 156 valence electrons. The van der Waals surface area contributed by atoms with E-state index in [4.69, 9.17) is 19.1 Å². The van der Waals surface area contributed by atoms with E-state index in [0.29, 0.717) is 11.4 Å². The molecule has 1 spiro atoms. The second-order valence-electron chi connectivity index (χ2n) is 6.58. The van der Waals surface area contributed by atoms with Crippen LogP contribution in [0.2, 0.25) is 0 Å². The summed E-state index contributed by atoms with van der Waals surface area (Å²) >= 11 is 1.91. The molecule has 2 aliphatic heterocycles. The quantitative estimate of drug-likeness (QED) is 0.800. The van der Waals surface area contributed by atoms with Gasteiger partial charge < -0.3 is 19.2 Å². The van der Waals surface area contributed by atoms with Gasteiger partial charge in [-0.3, -0.25) is 4.79 Å².